The Labute approximate surface area is 97.4 Å². The van der Waals surface area contributed by atoms with Gasteiger partial charge in [-0.3, -0.25) is 9.88 Å². The second kappa shape index (κ2) is 5.41. The largest absolute Gasteiger partial charge is 0.379 e. The summed E-state index contributed by atoms with van der Waals surface area (Å²) in [4.78, 5) is 6.91. The highest BCUT2D eigenvalue weighted by Gasteiger charge is 2.18. The van der Waals surface area contributed by atoms with Gasteiger partial charge in [0.05, 0.1) is 13.2 Å². The van der Waals surface area contributed by atoms with Crippen molar-refractivity contribution in [2.45, 2.75) is 26.3 Å². The fraction of sp³-hybridized carbons (Fsp3) is 0.615. The van der Waals surface area contributed by atoms with Gasteiger partial charge in [0.25, 0.3) is 0 Å². The van der Waals surface area contributed by atoms with Crippen LogP contribution in [-0.2, 0) is 11.2 Å². The van der Waals surface area contributed by atoms with Crippen LogP contribution in [0.5, 0.6) is 0 Å². The van der Waals surface area contributed by atoms with Gasteiger partial charge in [0.2, 0.25) is 0 Å². The maximum atomic E-state index is 5.36. The summed E-state index contributed by atoms with van der Waals surface area (Å²) in [5, 5.41) is 0. The summed E-state index contributed by atoms with van der Waals surface area (Å²) in [5.41, 5.74) is 2.47. The molecule has 3 nitrogen and oxygen atoms in total. The Kier molecular flexibility index (Phi) is 3.91. The lowest BCUT2D eigenvalue weighted by Gasteiger charge is -2.32. The number of pyridine rings is 1. The van der Waals surface area contributed by atoms with E-state index in [4.69, 9.17) is 4.74 Å². The molecule has 0 N–H and O–H groups in total. The Morgan fingerprint density at radius 2 is 2.12 bits per heavy atom. The molecule has 1 fully saturated rings. The molecule has 2 rings (SSSR count). The minimum absolute atomic E-state index is 0.447. The van der Waals surface area contributed by atoms with Gasteiger partial charge in [0, 0.05) is 31.0 Å². The van der Waals surface area contributed by atoms with Crippen molar-refractivity contribution in [2.75, 3.05) is 26.3 Å². The topological polar surface area (TPSA) is 25.4 Å². The third-order valence-corrected chi connectivity index (χ3v) is 3.29. The van der Waals surface area contributed by atoms with Crippen LogP contribution in [0.4, 0.5) is 0 Å². The summed E-state index contributed by atoms with van der Waals surface area (Å²) in [5.74, 6) is 0. The highest BCUT2D eigenvalue weighted by Crippen LogP contribution is 2.20. The van der Waals surface area contributed by atoms with Crippen LogP contribution in [0.15, 0.2) is 18.3 Å². The Morgan fingerprint density at radius 3 is 2.69 bits per heavy atom. The van der Waals surface area contributed by atoms with Crippen molar-refractivity contribution in [3.8, 4) is 0 Å². The van der Waals surface area contributed by atoms with Crippen LogP contribution in [0, 0.1) is 0 Å². The molecule has 0 amide bonds. The average Bonchev–Trinajstić information content (AvgIpc) is 2.39. The molecule has 1 aliphatic rings. The lowest BCUT2D eigenvalue weighted by Crippen LogP contribution is -2.38. The lowest BCUT2D eigenvalue weighted by molar-refractivity contribution is 0.0198. The third kappa shape index (κ3) is 2.60. The molecule has 3 heteroatoms. The van der Waals surface area contributed by atoms with Crippen LogP contribution in [0.3, 0.4) is 0 Å². The summed E-state index contributed by atoms with van der Waals surface area (Å²) in [7, 11) is 0. The summed E-state index contributed by atoms with van der Waals surface area (Å²) in [6.07, 6.45) is 3.02. The van der Waals surface area contributed by atoms with Gasteiger partial charge in [0.15, 0.2) is 0 Å². The Balaban J connectivity index is 2.04. The minimum atomic E-state index is 0.447. The zero-order chi connectivity index (χ0) is 11.4. The number of hydrogen-bond donors (Lipinski definition) is 0. The second-order valence-electron chi connectivity index (χ2n) is 4.26. The molecule has 0 bridgehead atoms. The second-order valence-corrected chi connectivity index (χ2v) is 4.26. The molecule has 0 aromatic carbocycles. The molecule has 88 valence electrons. The molecule has 0 radical (unpaired) electrons. The zero-order valence-corrected chi connectivity index (χ0v) is 10.1. The molecule has 0 unspecified atom stereocenters. The standard InChI is InChI=1S/C13H20N2O/c1-3-13-5-4-12(10-14-13)11(2)15-6-8-16-9-7-15/h4-5,10-11H,3,6-9H2,1-2H3/t11-/m0/s1. The molecular formula is C13H20N2O. The van der Waals surface area contributed by atoms with Gasteiger partial charge in [-0.25, -0.2) is 0 Å². The van der Waals surface area contributed by atoms with Crippen molar-refractivity contribution >= 4 is 0 Å². The lowest BCUT2D eigenvalue weighted by atomic mass is 10.1. The van der Waals surface area contributed by atoms with Crippen LogP contribution < -0.4 is 0 Å². The Morgan fingerprint density at radius 1 is 1.38 bits per heavy atom. The van der Waals surface area contributed by atoms with Crippen LogP contribution in [0.25, 0.3) is 0 Å². The van der Waals surface area contributed by atoms with Crippen LogP contribution in [-0.4, -0.2) is 36.2 Å². The molecule has 1 saturated heterocycles. The molecule has 0 saturated carbocycles. The first-order chi connectivity index (χ1) is 7.81. The smallest absolute Gasteiger partial charge is 0.0594 e. The van der Waals surface area contributed by atoms with E-state index in [1.165, 1.54) is 5.56 Å². The number of aryl methyl sites for hydroxylation is 1. The van der Waals surface area contributed by atoms with Crippen LogP contribution in [0.2, 0.25) is 0 Å². The van der Waals surface area contributed by atoms with Crippen molar-refractivity contribution in [1.82, 2.24) is 9.88 Å². The maximum Gasteiger partial charge on any atom is 0.0594 e. The predicted octanol–water partition coefficient (Wildman–Crippen LogP) is 2.04. The highest BCUT2D eigenvalue weighted by molar-refractivity contribution is 5.17. The molecule has 1 aromatic rings. The van der Waals surface area contributed by atoms with Crippen molar-refractivity contribution in [3.05, 3.63) is 29.6 Å². The van der Waals surface area contributed by atoms with Gasteiger partial charge in [0.1, 0.15) is 0 Å². The molecule has 0 spiro atoms. The molecule has 1 aromatic heterocycles. The van der Waals surface area contributed by atoms with Gasteiger partial charge in [-0.1, -0.05) is 13.0 Å². The molecule has 0 aliphatic carbocycles. The van der Waals surface area contributed by atoms with E-state index in [1.807, 2.05) is 6.20 Å². The van der Waals surface area contributed by atoms with Crippen molar-refractivity contribution in [3.63, 3.8) is 0 Å². The number of aromatic nitrogens is 1. The number of nitrogens with zero attached hydrogens (tertiary/aromatic N) is 2. The SMILES string of the molecule is CCc1ccc([C@H](C)N2CCOCC2)cn1. The third-order valence-electron chi connectivity index (χ3n) is 3.29. The highest BCUT2D eigenvalue weighted by atomic mass is 16.5. The van der Waals surface area contributed by atoms with E-state index in [1.54, 1.807) is 0 Å². The van der Waals surface area contributed by atoms with E-state index in [0.717, 1.165) is 38.4 Å². The Hall–Kier alpha value is -0.930. The average molecular weight is 220 g/mol. The van der Waals surface area contributed by atoms with Crippen molar-refractivity contribution in [2.24, 2.45) is 0 Å². The molecular weight excluding hydrogens is 200 g/mol. The fourth-order valence-corrected chi connectivity index (χ4v) is 2.07. The first kappa shape index (κ1) is 11.6. The maximum absolute atomic E-state index is 5.36. The first-order valence-corrected chi connectivity index (χ1v) is 6.08. The zero-order valence-electron chi connectivity index (χ0n) is 10.1. The van der Waals surface area contributed by atoms with Gasteiger partial charge in [-0.05, 0) is 25.0 Å². The van der Waals surface area contributed by atoms with E-state index in [0.29, 0.717) is 6.04 Å². The van der Waals surface area contributed by atoms with E-state index in [9.17, 15) is 0 Å². The number of hydrogen-bond acceptors (Lipinski definition) is 3. The van der Waals surface area contributed by atoms with E-state index >= 15 is 0 Å². The molecule has 2 heterocycles. The van der Waals surface area contributed by atoms with Gasteiger partial charge in [-0.15, -0.1) is 0 Å². The van der Waals surface area contributed by atoms with Crippen LogP contribution in [0.1, 0.15) is 31.1 Å². The van der Waals surface area contributed by atoms with E-state index < -0.39 is 0 Å². The number of morpholine rings is 1. The van der Waals surface area contributed by atoms with Gasteiger partial charge >= 0.3 is 0 Å². The molecule has 16 heavy (non-hydrogen) atoms. The first-order valence-electron chi connectivity index (χ1n) is 6.08. The minimum Gasteiger partial charge on any atom is -0.379 e. The number of rotatable bonds is 3. The normalized spacial score (nSPS) is 19.6. The molecule has 1 aliphatic heterocycles. The van der Waals surface area contributed by atoms with Gasteiger partial charge < -0.3 is 4.74 Å². The fourth-order valence-electron chi connectivity index (χ4n) is 2.07. The van der Waals surface area contributed by atoms with E-state index in [-0.39, 0.29) is 0 Å². The summed E-state index contributed by atoms with van der Waals surface area (Å²) < 4.78 is 5.36. The number of ether oxygens (including phenoxy) is 1. The quantitative estimate of drug-likeness (QED) is 0.779. The summed E-state index contributed by atoms with van der Waals surface area (Å²) in [6, 6.07) is 4.78. The predicted molar refractivity (Wildman–Crippen MR) is 64.4 cm³/mol. The monoisotopic (exact) mass is 220 g/mol. The summed E-state index contributed by atoms with van der Waals surface area (Å²) >= 11 is 0. The van der Waals surface area contributed by atoms with Gasteiger partial charge in [-0.2, -0.15) is 0 Å². The van der Waals surface area contributed by atoms with Crippen molar-refractivity contribution in [1.29, 1.82) is 0 Å². The molecule has 1 atom stereocenters. The van der Waals surface area contributed by atoms with Crippen molar-refractivity contribution < 1.29 is 4.74 Å². The van der Waals surface area contributed by atoms with E-state index in [2.05, 4.69) is 35.9 Å². The Bertz CT molecular complexity index is 317. The van der Waals surface area contributed by atoms with Crippen LogP contribution >= 0.6 is 0 Å². The summed E-state index contributed by atoms with van der Waals surface area (Å²) in [6.45, 7) is 8.13.